The SMILES string of the molecule is C=CC[C@H]1OCCC[C@@H]1OC(/C=C/C#N)=C/O[Si](C)(C)C(C)(C)C. The number of hydrogen-bond donors (Lipinski definition) is 0. The normalized spacial score (nSPS) is 22.9. The highest BCUT2D eigenvalue weighted by molar-refractivity contribution is 6.74. The van der Waals surface area contributed by atoms with Crippen LogP contribution in [0.25, 0.3) is 0 Å². The van der Waals surface area contributed by atoms with Crippen LogP contribution < -0.4 is 0 Å². The first-order chi connectivity index (χ1) is 11.2. The molecule has 0 saturated carbocycles. The van der Waals surface area contributed by atoms with E-state index >= 15 is 0 Å². The molecule has 0 aromatic heterocycles. The van der Waals surface area contributed by atoms with Crippen LogP contribution in [0.3, 0.4) is 0 Å². The van der Waals surface area contributed by atoms with Crippen molar-refractivity contribution in [3.8, 4) is 6.07 Å². The van der Waals surface area contributed by atoms with E-state index in [1.807, 2.05) is 12.1 Å². The van der Waals surface area contributed by atoms with E-state index in [1.165, 1.54) is 6.08 Å². The minimum Gasteiger partial charge on any atom is -0.546 e. The minimum atomic E-state index is -1.93. The molecule has 1 aliphatic rings. The van der Waals surface area contributed by atoms with Crippen molar-refractivity contribution in [2.75, 3.05) is 6.61 Å². The standard InChI is InChI=1S/C19H31NO3Si/c1-7-10-17-18(12-9-14-21-17)23-16(11-8-13-20)15-22-24(5,6)19(2,3)4/h7-8,11,15,17-18H,1,9-10,12,14H2,2-6H3/b11-8+,16-15+/t17-,18+/m1/s1. The number of allylic oxidation sites excluding steroid dienone is 2. The van der Waals surface area contributed by atoms with E-state index < -0.39 is 8.32 Å². The number of hydrogen-bond acceptors (Lipinski definition) is 4. The highest BCUT2D eigenvalue weighted by atomic mass is 28.4. The molecular weight excluding hydrogens is 318 g/mol. The maximum atomic E-state index is 8.82. The summed E-state index contributed by atoms with van der Waals surface area (Å²) in [7, 11) is -1.93. The monoisotopic (exact) mass is 349 g/mol. The summed E-state index contributed by atoms with van der Waals surface area (Å²) >= 11 is 0. The molecular formula is C19H31NO3Si. The van der Waals surface area contributed by atoms with E-state index in [0.29, 0.717) is 5.76 Å². The Labute approximate surface area is 147 Å². The van der Waals surface area contributed by atoms with Gasteiger partial charge in [-0.1, -0.05) is 26.8 Å². The van der Waals surface area contributed by atoms with Gasteiger partial charge >= 0.3 is 0 Å². The summed E-state index contributed by atoms with van der Waals surface area (Å²) in [5.74, 6) is 0.575. The van der Waals surface area contributed by atoms with Crippen LogP contribution in [0.15, 0.2) is 36.8 Å². The third kappa shape index (κ3) is 6.18. The molecule has 0 radical (unpaired) electrons. The molecule has 0 aromatic carbocycles. The van der Waals surface area contributed by atoms with Crippen molar-refractivity contribution in [3.05, 3.63) is 36.8 Å². The second-order valence-corrected chi connectivity index (χ2v) is 12.3. The largest absolute Gasteiger partial charge is 0.546 e. The van der Waals surface area contributed by atoms with E-state index in [9.17, 15) is 0 Å². The fourth-order valence-electron chi connectivity index (χ4n) is 2.11. The molecule has 0 unspecified atom stereocenters. The van der Waals surface area contributed by atoms with Crippen LogP contribution in [0.1, 0.15) is 40.0 Å². The van der Waals surface area contributed by atoms with Crippen LogP contribution >= 0.6 is 0 Å². The summed E-state index contributed by atoms with van der Waals surface area (Å²) in [6.45, 7) is 15.5. The van der Waals surface area contributed by atoms with Crippen molar-refractivity contribution < 1.29 is 13.9 Å². The van der Waals surface area contributed by atoms with Crippen molar-refractivity contribution in [3.63, 3.8) is 0 Å². The fourth-order valence-corrected chi connectivity index (χ4v) is 2.88. The molecule has 1 saturated heterocycles. The van der Waals surface area contributed by atoms with Crippen molar-refractivity contribution in [2.45, 2.75) is 70.4 Å². The zero-order valence-corrected chi connectivity index (χ0v) is 16.7. The summed E-state index contributed by atoms with van der Waals surface area (Å²) in [5, 5.41) is 8.93. The molecule has 0 aliphatic carbocycles. The van der Waals surface area contributed by atoms with Crippen molar-refractivity contribution >= 4 is 8.32 Å². The Bertz CT molecular complexity index is 512. The lowest BCUT2D eigenvalue weighted by Gasteiger charge is -2.35. The first-order valence-corrected chi connectivity index (χ1v) is 11.5. The molecule has 5 heteroatoms. The van der Waals surface area contributed by atoms with Gasteiger partial charge in [-0.05, 0) is 43.5 Å². The Morgan fingerprint density at radius 2 is 2.12 bits per heavy atom. The molecule has 0 amide bonds. The van der Waals surface area contributed by atoms with Crippen LogP contribution in [0.2, 0.25) is 18.1 Å². The van der Waals surface area contributed by atoms with Crippen molar-refractivity contribution in [2.24, 2.45) is 0 Å². The van der Waals surface area contributed by atoms with Crippen molar-refractivity contribution in [1.82, 2.24) is 0 Å². The van der Waals surface area contributed by atoms with Gasteiger partial charge in [-0.15, -0.1) is 6.58 Å². The molecule has 1 fully saturated rings. The lowest BCUT2D eigenvalue weighted by Crippen LogP contribution is -2.39. The lowest BCUT2D eigenvalue weighted by atomic mass is 10.0. The highest BCUT2D eigenvalue weighted by Gasteiger charge is 2.38. The summed E-state index contributed by atoms with van der Waals surface area (Å²) < 4.78 is 18.0. The van der Waals surface area contributed by atoms with Gasteiger partial charge in [0.25, 0.3) is 0 Å². The van der Waals surface area contributed by atoms with Crippen LogP contribution in [0, 0.1) is 11.3 Å². The second kappa shape index (κ2) is 9.10. The van der Waals surface area contributed by atoms with Gasteiger partial charge < -0.3 is 13.9 Å². The van der Waals surface area contributed by atoms with E-state index in [4.69, 9.17) is 19.2 Å². The van der Waals surface area contributed by atoms with E-state index in [2.05, 4.69) is 40.4 Å². The summed E-state index contributed by atoms with van der Waals surface area (Å²) in [6.07, 6.45) is 9.20. The summed E-state index contributed by atoms with van der Waals surface area (Å²) in [4.78, 5) is 0. The molecule has 0 N–H and O–H groups in total. The molecule has 0 aromatic rings. The number of ether oxygens (including phenoxy) is 2. The third-order valence-electron chi connectivity index (χ3n) is 4.66. The quantitative estimate of drug-likeness (QED) is 0.212. The molecule has 0 spiro atoms. The Hall–Kier alpha value is -1.51. The van der Waals surface area contributed by atoms with Crippen LogP contribution in [-0.2, 0) is 13.9 Å². The van der Waals surface area contributed by atoms with Gasteiger partial charge in [-0.25, -0.2) is 0 Å². The topological polar surface area (TPSA) is 51.5 Å². The Morgan fingerprint density at radius 3 is 2.71 bits per heavy atom. The maximum Gasteiger partial charge on any atom is 0.249 e. The number of nitrogens with zero attached hydrogens (tertiary/aromatic N) is 1. The Kier molecular flexibility index (Phi) is 7.78. The first kappa shape index (κ1) is 20.5. The highest BCUT2D eigenvalue weighted by Crippen LogP contribution is 2.37. The Balaban J connectivity index is 2.88. The molecule has 1 aliphatic heterocycles. The van der Waals surface area contributed by atoms with Crippen LogP contribution in [-0.4, -0.2) is 27.1 Å². The molecule has 24 heavy (non-hydrogen) atoms. The molecule has 1 rings (SSSR count). The summed E-state index contributed by atoms with van der Waals surface area (Å²) in [6, 6.07) is 2.01. The zero-order chi connectivity index (χ0) is 18.2. The second-order valence-electron chi connectivity index (χ2n) is 7.59. The lowest BCUT2D eigenvalue weighted by molar-refractivity contribution is -0.0822. The van der Waals surface area contributed by atoms with Gasteiger partial charge in [-0.3, -0.25) is 0 Å². The first-order valence-electron chi connectivity index (χ1n) is 8.54. The number of rotatable bonds is 7. The van der Waals surface area contributed by atoms with E-state index in [-0.39, 0.29) is 17.2 Å². The van der Waals surface area contributed by atoms with Crippen LogP contribution in [0.4, 0.5) is 0 Å². The molecule has 1 heterocycles. The van der Waals surface area contributed by atoms with E-state index in [1.54, 1.807) is 12.3 Å². The molecule has 4 nitrogen and oxygen atoms in total. The maximum absolute atomic E-state index is 8.82. The van der Waals surface area contributed by atoms with Gasteiger partial charge in [-0.2, -0.15) is 5.26 Å². The third-order valence-corrected chi connectivity index (χ3v) is 8.98. The zero-order valence-electron chi connectivity index (χ0n) is 15.7. The van der Waals surface area contributed by atoms with Crippen molar-refractivity contribution in [1.29, 1.82) is 5.26 Å². The van der Waals surface area contributed by atoms with Gasteiger partial charge in [0.2, 0.25) is 8.32 Å². The number of nitriles is 1. The molecule has 0 bridgehead atoms. The predicted molar refractivity (Wildman–Crippen MR) is 99.8 cm³/mol. The van der Waals surface area contributed by atoms with Gasteiger partial charge in [0.15, 0.2) is 5.76 Å². The minimum absolute atomic E-state index is 0.00278. The fraction of sp³-hybridized carbons (Fsp3) is 0.632. The van der Waals surface area contributed by atoms with Gasteiger partial charge in [0, 0.05) is 12.7 Å². The van der Waals surface area contributed by atoms with E-state index in [0.717, 1.165) is 25.9 Å². The Morgan fingerprint density at radius 1 is 1.42 bits per heavy atom. The smallest absolute Gasteiger partial charge is 0.249 e. The van der Waals surface area contributed by atoms with Gasteiger partial charge in [0.05, 0.1) is 12.2 Å². The molecule has 134 valence electrons. The summed E-state index contributed by atoms with van der Waals surface area (Å²) in [5.41, 5.74) is 0. The van der Waals surface area contributed by atoms with Crippen LogP contribution in [0.5, 0.6) is 0 Å². The predicted octanol–water partition coefficient (Wildman–Crippen LogP) is 5.07. The molecule has 2 atom stereocenters. The average molecular weight is 350 g/mol. The van der Waals surface area contributed by atoms with Gasteiger partial charge in [0.1, 0.15) is 12.4 Å². The average Bonchev–Trinajstić information content (AvgIpc) is 2.51.